The molecule has 0 aromatic heterocycles. The lowest BCUT2D eigenvalue weighted by Crippen LogP contribution is -2.39. The highest BCUT2D eigenvalue weighted by Crippen LogP contribution is 2.19. The van der Waals surface area contributed by atoms with Crippen LogP contribution in [0, 0.1) is 5.92 Å². The molecule has 4 nitrogen and oxygen atoms in total. The zero-order valence-electron chi connectivity index (χ0n) is 13.8. The van der Waals surface area contributed by atoms with Gasteiger partial charge >= 0.3 is 0 Å². The summed E-state index contributed by atoms with van der Waals surface area (Å²) >= 11 is 0. The quantitative estimate of drug-likeness (QED) is 0.719. The first-order valence-corrected chi connectivity index (χ1v) is 7.88. The summed E-state index contributed by atoms with van der Waals surface area (Å²) in [5, 5.41) is 12.8. The minimum absolute atomic E-state index is 0. The Morgan fingerprint density at radius 3 is 2.21 bits per heavy atom. The SMILES string of the molecule is CC(C(=O)NCC(O)Cc1ccccc1)C(N)c1ccccc1.Cl. The number of carbonyl (C=O) groups excluding carboxylic acids is 1. The van der Waals surface area contributed by atoms with Gasteiger partial charge in [-0.05, 0) is 11.1 Å². The molecule has 3 unspecified atom stereocenters. The summed E-state index contributed by atoms with van der Waals surface area (Å²) in [4.78, 5) is 12.2. The molecule has 0 aliphatic rings. The molecule has 0 bridgehead atoms. The summed E-state index contributed by atoms with van der Waals surface area (Å²) in [5.74, 6) is -0.505. The van der Waals surface area contributed by atoms with Gasteiger partial charge in [0, 0.05) is 19.0 Å². The average molecular weight is 349 g/mol. The molecule has 2 rings (SSSR count). The van der Waals surface area contributed by atoms with E-state index in [0.29, 0.717) is 6.42 Å². The van der Waals surface area contributed by atoms with Crippen LogP contribution in [0.4, 0.5) is 0 Å². The first kappa shape index (κ1) is 20.2. The van der Waals surface area contributed by atoms with Crippen LogP contribution >= 0.6 is 12.4 Å². The van der Waals surface area contributed by atoms with E-state index in [4.69, 9.17) is 5.73 Å². The smallest absolute Gasteiger partial charge is 0.224 e. The van der Waals surface area contributed by atoms with Gasteiger partial charge in [0.2, 0.25) is 5.91 Å². The molecule has 4 N–H and O–H groups in total. The van der Waals surface area contributed by atoms with E-state index in [-0.39, 0.29) is 36.8 Å². The van der Waals surface area contributed by atoms with Gasteiger partial charge in [0.15, 0.2) is 0 Å². The van der Waals surface area contributed by atoms with Crippen LogP contribution in [0.15, 0.2) is 60.7 Å². The zero-order chi connectivity index (χ0) is 16.7. The van der Waals surface area contributed by atoms with Crippen LogP contribution in [0.1, 0.15) is 24.1 Å². The first-order chi connectivity index (χ1) is 11.1. The fourth-order valence-electron chi connectivity index (χ4n) is 2.46. The maximum Gasteiger partial charge on any atom is 0.224 e. The third kappa shape index (κ3) is 5.96. The largest absolute Gasteiger partial charge is 0.391 e. The lowest BCUT2D eigenvalue weighted by Gasteiger charge is -2.21. The Kier molecular flexibility index (Phi) is 8.47. The molecule has 130 valence electrons. The van der Waals surface area contributed by atoms with Crippen LogP contribution in [0.2, 0.25) is 0 Å². The molecular formula is C19H25ClN2O2. The molecular weight excluding hydrogens is 324 g/mol. The van der Waals surface area contributed by atoms with Crippen LogP contribution in [0.5, 0.6) is 0 Å². The summed E-state index contributed by atoms with van der Waals surface area (Å²) in [5.41, 5.74) is 8.12. The lowest BCUT2D eigenvalue weighted by molar-refractivity contribution is -0.125. The maximum atomic E-state index is 12.2. The van der Waals surface area contributed by atoms with Crippen molar-refractivity contribution in [1.29, 1.82) is 0 Å². The minimum atomic E-state index is -0.610. The Balaban J connectivity index is 0.00000288. The van der Waals surface area contributed by atoms with Gasteiger partial charge in [-0.15, -0.1) is 12.4 Å². The van der Waals surface area contributed by atoms with Crippen molar-refractivity contribution in [2.45, 2.75) is 25.5 Å². The summed E-state index contributed by atoms with van der Waals surface area (Å²) in [6, 6.07) is 18.9. The van der Waals surface area contributed by atoms with E-state index < -0.39 is 6.10 Å². The highest BCUT2D eigenvalue weighted by molar-refractivity contribution is 5.85. The number of aliphatic hydroxyl groups excluding tert-OH is 1. The van der Waals surface area contributed by atoms with Gasteiger partial charge in [-0.1, -0.05) is 67.6 Å². The number of hydrogen-bond donors (Lipinski definition) is 3. The average Bonchev–Trinajstić information content (AvgIpc) is 2.60. The highest BCUT2D eigenvalue weighted by atomic mass is 35.5. The van der Waals surface area contributed by atoms with Crippen molar-refractivity contribution in [1.82, 2.24) is 5.32 Å². The van der Waals surface area contributed by atoms with Crippen LogP contribution < -0.4 is 11.1 Å². The third-order valence-electron chi connectivity index (χ3n) is 3.96. The second-order valence-electron chi connectivity index (χ2n) is 5.81. The van der Waals surface area contributed by atoms with Crippen molar-refractivity contribution >= 4 is 18.3 Å². The third-order valence-corrected chi connectivity index (χ3v) is 3.96. The van der Waals surface area contributed by atoms with Gasteiger partial charge in [0.25, 0.3) is 0 Å². The topological polar surface area (TPSA) is 75.3 Å². The van der Waals surface area contributed by atoms with Gasteiger partial charge in [-0.25, -0.2) is 0 Å². The summed E-state index contributed by atoms with van der Waals surface area (Å²) in [6.07, 6.45) is -0.0956. The predicted octanol–water partition coefficient (Wildman–Crippen LogP) is 2.46. The molecule has 0 heterocycles. The molecule has 2 aromatic rings. The molecule has 0 saturated carbocycles. The van der Waals surface area contributed by atoms with Gasteiger partial charge in [-0.2, -0.15) is 0 Å². The number of carbonyl (C=O) groups is 1. The number of nitrogens with one attached hydrogen (secondary N) is 1. The Labute approximate surface area is 149 Å². The van der Waals surface area contributed by atoms with Crippen molar-refractivity contribution in [2.75, 3.05) is 6.54 Å². The Morgan fingerprint density at radius 2 is 1.62 bits per heavy atom. The Bertz CT molecular complexity index is 607. The molecule has 24 heavy (non-hydrogen) atoms. The van der Waals surface area contributed by atoms with Crippen molar-refractivity contribution < 1.29 is 9.90 Å². The fraction of sp³-hybridized carbons (Fsp3) is 0.316. The molecule has 0 saturated heterocycles. The van der Waals surface area contributed by atoms with Crippen LogP contribution in [-0.4, -0.2) is 23.7 Å². The van der Waals surface area contributed by atoms with Crippen molar-refractivity contribution in [3.63, 3.8) is 0 Å². The molecule has 0 fully saturated rings. The van der Waals surface area contributed by atoms with Gasteiger partial charge in [0.05, 0.1) is 12.0 Å². The highest BCUT2D eigenvalue weighted by Gasteiger charge is 2.22. The van der Waals surface area contributed by atoms with E-state index >= 15 is 0 Å². The van der Waals surface area contributed by atoms with Crippen molar-refractivity contribution in [3.05, 3.63) is 71.8 Å². The molecule has 5 heteroatoms. The van der Waals surface area contributed by atoms with Crippen molar-refractivity contribution in [3.8, 4) is 0 Å². The van der Waals surface area contributed by atoms with Gasteiger partial charge < -0.3 is 16.2 Å². The number of aliphatic hydroxyl groups is 1. The number of benzene rings is 2. The number of nitrogens with two attached hydrogens (primary N) is 1. The Hall–Kier alpha value is -1.88. The monoisotopic (exact) mass is 348 g/mol. The summed E-state index contributed by atoms with van der Waals surface area (Å²) in [7, 11) is 0. The molecule has 3 atom stereocenters. The Morgan fingerprint density at radius 1 is 1.08 bits per heavy atom. The standard InChI is InChI=1S/C19H24N2O2.ClH/c1-14(18(20)16-10-6-3-7-11-16)19(23)21-13-17(22)12-15-8-4-2-5-9-15;/h2-11,14,17-18,22H,12-13,20H2,1H3,(H,21,23);1H. The fourth-order valence-corrected chi connectivity index (χ4v) is 2.46. The van der Waals surface area contributed by atoms with E-state index in [1.165, 1.54) is 0 Å². The first-order valence-electron chi connectivity index (χ1n) is 7.88. The summed E-state index contributed by atoms with van der Waals surface area (Å²) in [6.45, 7) is 2.02. The van der Waals surface area contributed by atoms with E-state index in [2.05, 4.69) is 5.32 Å². The van der Waals surface area contributed by atoms with E-state index in [0.717, 1.165) is 11.1 Å². The summed E-state index contributed by atoms with van der Waals surface area (Å²) < 4.78 is 0. The van der Waals surface area contributed by atoms with E-state index in [9.17, 15) is 9.90 Å². The second-order valence-corrected chi connectivity index (χ2v) is 5.81. The number of amides is 1. The van der Waals surface area contributed by atoms with E-state index in [1.54, 1.807) is 6.92 Å². The van der Waals surface area contributed by atoms with Crippen molar-refractivity contribution in [2.24, 2.45) is 11.7 Å². The van der Waals surface area contributed by atoms with Crippen LogP contribution in [-0.2, 0) is 11.2 Å². The second kappa shape index (κ2) is 10.1. The van der Waals surface area contributed by atoms with E-state index in [1.807, 2.05) is 60.7 Å². The molecule has 1 amide bonds. The number of halogens is 1. The van der Waals surface area contributed by atoms with Crippen LogP contribution in [0.25, 0.3) is 0 Å². The maximum absolute atomic E-state index is 12.2. The van der Waals surface area contributed by atoms with Crippen LogP contribution in [0.3, 0.4) is 0 Å². The molecule has 0 aliphatic heterocycles. The predicted molar refractivity (Wildman–Crippen MR) is 98.9 cm³/mol. The molecule has 0 spiro atoms. The molecule has 0 radical (unpaired) electrons. The zero-order valence-corrected chi connectivity index (χ0v) is 14.6. The normalized spacial score (nSPS) is 14.1. The number of hydrogen-bond acceptors (Lipinski definition) is 3. The molecule has 0 aliphatic carbocycles. The lowest BCUT2D eigenvalue weighted by atomic mass is 9.94. The minimum Gasteiger partial charge on any atom is -0.391 e. The molecule has 2 aromatic carbocycles. The number of rotatable bonds is 7. The van der Waals surface area contributed by atoms with Gasteiger partial charge in [-0.3, -0.25) is 4.79 Å². The van der Waals surface area contributed by atoms with Gasteiger partial charge in [0.1, 0.15) is 0 Å².